The van der Waals surface area contributed by atoms with Gasteiger partial charge in [0.2, 0.25) is 0 Å². The first kappa shape index (κ1) is 24.4. The molecule has 1 saturated heterocycles. The standard InChI is InChI=1S/C26H27N5O3S/c1-35(33,34)18-24-17-30(26(32)22-13-23(28)16-29-15-22)10-11-31(24)25(20-7-3-2-4-8-20)21-9-5-6-19(12-21)14-27/h2-9,12-13,15-16,24-25H,10-11,17-18,28H2,1H3/t24-,25-/m0/s1. The van der Waals surface area contributed by atoms with E-state index in [0.29, 0.717) is 29.9 Å². The topological polar surface area (TPSA) is 120 Å². The van der Waals surface area contributed by atoms with Gasteiger partial charge in [0.05, 0.1) is 34.7 Å². The van der Waals surface area contributed by atoms with Crippen LogP contribution in [0.1, 0.15) is 33.1 Å². The Kier molecular flexibility index (Phi) is 7.15. The van der Waals surface area contributed by atoms with Crippen molar-refractivity contribution in [2.75, 3.05) is 37.4 Å². The number of carbonyl (C=O) groups excluding carboxylic acids is 1. The molecule has 0 unspecified atom stereocenters. The van der Waals surface area contributed by atoms with Gasteiger partial charge in [-0.2, -0.15) is 5.26 Å². The van der Waals surface area contributed by atoms with Gasteiger partial charge in [-0.05, 0) is 29.3 Å². The van der Waals surface area contributed by atoms with Crippen LogP contribution in [0.25, 0.3) is 0 Å². The fourth-order valence-electron chi connectivity index (χ4n) is 4.64. The number of pyridine rings is 1. The molecule has 1 aliphatic heterocycles. The van der Waals surface area contributed by atoms with Gasteiger partial charge in [0.1, 0.15) is 9.84 Å². The molecule has 180 valence electrons. The molecular weight excluding hydrogens is 462 g/mol. The Hall–Kier alpha value is -3.74. The number of amides is 1. The summed E-state index contributed by atoms with van der Waals surface area (Å²) in [6, 6.07) is 20.2. The van der Waals surface area contributed by atoms with Crippen molar-refractivity contribution in [3.05, 3.63) is 95.3 Å². The van der Waals surface area contributed by atoms with Crippen molar-refractivity contribution >= 4 is 21.4 Å². The molecule has 0 bridgehead atoms. The minimum Gasteiger partial charge on any atom is -0.397 e. The number of hydrogen-bond acceptors (Lipinski definition) is 7. The molecule has 2 aromatic carbocycles. The molecule has 2 atom stereocenters. The van der Waals surface area contributed by atoms with Gasteiger partial charge in [-0.25, -0.2) is 8.42 Å². The number of nitriles is 1. The largest absolute Gasteiger partial charge is 0.397 e. The van der Waals surface area contributed by atoms with E-state index in [1.54, 1.807) is 17.0 Å². The molecule has 0 radical (unpaired) electrons. The summed E-state index contributed by atoms with van der Waals surface area (Å²) in [5, 5.41) is 9.45. The lowest BCUT2D eigenvalue weighted by molar-refractivity contribution is 0.0435. The summed E-state index contributed by atoms with van der Waals surface area (Å²) >= 11 is 0. The number of sulfone groups is 1. The number of nitrogen functional groups attached to an aromatic ring is 1. The number of nitrogens with zero attached hydrogens (tertiary/aromatic N) is 4. The zero-order chi connectivity index (χ0) is 25.0. The third-order valence-corrected chi connectivity index (χ3v) is 7.09. The van der Waals surface area contributed by atoms with Crippen LogP contribution in [0, 0.1) is 11.3 Å². The molecule has 2 heterocycles. The van der Waals surface area contributed by atoms with Gasteiger partial charge in [0.25, 0.3) is 5.91 Å². The number of nitrogens with two attached hydrogens (primary N) is 1. The van der Waals surface area contributed by atoms with E-state index >= 15 is 0 Å². The maximum Gasteiger partial charge on any atom is 0.255 e. The summed E-state index contributed by atoms with van der Waals surface area (Å²) in [6.07, 6.45) is 4.15. The monoisotopic (exact) mass is 489 g/mol. The Morgan fingerprint density at radius 1 is 1.11 bits per heavy atom. The Morgan fingerprint density at radius 2 is 1.86 bits per heavy atom. The number of piperazine rings is 1. The molecule has 1 amide bonds. The lowest BCUT2D eigenvalue weighted by atomic mass is 9.93. The normalized spacial score (nSPS) is 17.5. The summed E-state index contributed by atoms with van der Waals surface area (Å²) in [7, 11) is -3.35. The Labute approximate surface area is 205 Å². The predicted molar refractivity (Wildman–Crippen MR) is 134 cm³/mol. The van der Waals surface area contributed by atoms with Crippen LogP contribution >= 0.6 is 0 Å². The molecule has 1 aliphatic rings. The highest BCUT2D eigenvalue weighted by molar-refractivity contribution is 7.90. The van der Waals surface area contributed by atoms with Crippen molar-refractivity contribution < 1.29 is 13.2 Å². The second-order valence-electron chi connectivity index (χ2n) is 8.79. The summed E-state index contributed by atoms with van der Waals surface area (Å²) in [6.45, 7) is 1.11. The van der Waals surface area contributed by atoms with E-state index in [-0.39, 0.29) is 24.2 Å². The highest BCUT2D eigenvalue weighted by Gasteiger charge is 2.37. The third kappa shape index (κ3) is 5.85. The first-order valence-corrected chi connectivity index (χ1v) is 13.3. The van der Waals surface area contributed by atoms with E-state index < -0.39 is 15.9 Å². The average Bonchev–Trinajstić information content (AvgIpc) is 2.84. The zero-order valence-corrected chi connectivity index (χ0v) is 20.2. The minimum atomic E-state index is -3.35. The number of benzene rings is 2. The lowest BCUT2D eigenvalue weighted by Gasteiger charge is -2.45. The van der Waals surface area contributed by atoms with Crippen LogP contribution in [-0.2, 0) is 9.84 Å². The van der Waals surface area contributed by atoms with Crippen molar-refractivity contribution in [2.24, 2.45) is 0 Å². The van der Waals surface area contributed by atoms with Crippen LogP contribution in [0.5, 0.6) is 0 Å². The summed E-state index contributed by atoms with van der Waals surface area (Å²) in [5.74, 6) is -0.335. The van der Waals surface area contributed by atoms with Gasteiger partial charge in [-0.3, -0.25) is 14.7 Å². The Morgan fingerprint density at radius 3 is 2.54 bits per heavy atom. The van der Waals surface area contributed by atoms with Gasteiger partial charge in [-0.1, -0.05) is 42.5 Å². The van der Waals surface area contributed by atoms with Gasteiger partial charge in [0, 0.05) is 44.3 Å². The quantitative estimate of drug-likeness (QED) is 0.565. The maximum atomic E-state index is 13.2. The number of hydrogen-bond donors (Lipinski definition) is 1. The summed E-state index contributed by atoms with van der Waals surface area (Å²) in [5.41, 5.74) is 8.99. The Bertz CT molecular complexity index is 1350. The third-order valence-electron chi connectivity index (χ3n) is 6.10. The fourth-order valence-corrected chi connectivity index (χ4v) is 5.63. The first-order chi connectivity index (χ1) is 16.7. The number of rotatable bonds is 6. The highest BCUT2D eigenvalue weighted by Crippen LogP contribution is 2.33. The summed E-state index contributed by atoms with van der Waals surface area (Å²) in [4.78, 5) is 21.0. The molecular formula is C26H27N5O3S. The smallest absolute Gasteiger partial charge is 0.255 e. The number of carbonyl (C=O) groups is 1. The molecule has 1 fully saturated rings. The number of anilines is 1. The number of aromatic nitrogens is 1. The van der Waals surface area contributed by atoms with Crippen molar-refractivity contribution in [3.63, 3.8) is 0 Å². The van der Waals surface area contributed by atoms with Crippen LogP contribution in [0.2, 0.25) is 0 Å². The van der Waals surface area contributed by atoms with Crippen LogP contribution < -0.4 is 5.73 Å². The molecule has 4 rings (SSSR count). The van der Waals surface area contributed by atoms with Crippen molar-refractivity contribution in [2.45, 2.75) is 12.1 Å². The van der Waals surface area contributed by atoms with Crippen LogP contribution in [-0.4, -0.2) is 66.8 Å². The van der Waals surface area contributed by atoms with Gasteiger partial charge >= 0.3 is 0 Å². The second-order valence-corrected chi connectivity index (χ2v) is 11.0. The highest BCUT2D eigenvalue weighted by atomic mass is 32.2. The van der Waals surface area contributed by atoms with Gasteiger partial charge < -0.3 is 10.6 Å². The minimum absolute atomic E-state index is 0.104. The maximum absolute atomic E-state index is 13.2. The van der Waals surface area contributed by atoms with Crippen molar-refractivity contribution in [1.82, 2.24) is 14.8 Å². The first-order valence-electron chi connectivity index (χ1n) is 11.2. The molecule has 1 aromatic heterocycles. The van der Waals surface area contributed by atoms with Crippen molar-refractivity contribution in [1.29, 1.82) is 5.26 Å². The molecule has 9 heteroatoms. The molecule has 0 aliphatic carbocycles. The van der Waals surface area contributed by atoms with Crippen LogP contribution in [0.4, 0.5) is 5.69 Å². The van der Waals surface area contributed by atoms with E-state index in [9.17, 15) is 18.5 Å². The van der Waals surface area contributed by atoms with Crippen molar-refractivity contribution in [3.8, 4) is 6.07 Å². The van der Waals surface area contributed by atoms with E-state index in [1.807, 2.05) is 48.5 Å². The zero-order valence-electron chi connectivity index (χ0n) is 19.4. The van der Waals surface area contributed by atoms with Gasteiger partial charge in [0.15, 0.2) is 0 Å². The predicted octanol–water partition coefficient (Wildman–Crippen LogP) is 2.50. The average molecular weight is 490 g/mol. The van der Waals surface area contributed by atoms with E-state index in [2.05, 4.69) is 16.0 Å². The van der Waals surface area contributed by atoms with E-state index in [0.717, 1.165) is 11.1 Å². The van der Waals surface area contributed by atoms with E-state index in [1.165, 1.54) is 18.6 Å². The molecule has 0 spiro atoms. The molecule has 0 saturated carbocycles. The lowest BCUT2D eigenvalue weighted by Crippen LogP contribution is -2.57. The molecule has 3 aromatic rings. The SMILES string of the molecule is CS(=O)(=O)C[C@@H]1CN(C(=O)c2cncc(N)c2)CCN1[C@@H](c1ccccc1)c1cccc(C#N)c1. The van der Waals surface area contributed by atoms with Crippen LogP contribution in [0.3, 0.4) is 0 Å². The Balaban J connectivity index is 1.72. The summed E-state index contributed by atoms with van der Waals surface area (Å²) < 4.78 is 24.9. The molecule has 35 heavy (non-hydrogen) atoms. The van der Waals surface area contributed by atoms with Crippen LogP contribution in [0.15, 0.2) is 73.1 Å². The molecule has 8 nitrogen and oxygen atoms in total. The van der Waals surface area contributed by atoms with Gasteiger partial charge in [-0.15, -0.1) is 0 Å². The fraction of sp³-hybridized carbons (Fsp3) is 0.269. The second kappa shape index (κ2) is 10.3. The van der Waals surface area contributed by atoms with E-state index in [4.69, 9.17) is 5.73 Å². The molecule has 2 N–H and O–H groups in total.